The lowest BCUT2D eigenvalue weighted by molar-refractivity contribution is -0.131. The van der Waals surface area contributed by atoms with Gasteiger partial charge < -0.3 is 20.5 Å². The lowest BCUT2D eigenvalue weighted by atomic mass is 9.88. The number of aryl methyl sites for hydroxylation is 1. The molecule has 0 unspecified atom stereocenters. The number of benzene rings is 1. The van der Waals surface area contributed by atoms with Crippen molar-refractivity contribution in [2.75, 3.05) is 25.0 Å². The molecule has 0 aliphatic rings. The Labute approximate surface area is 216 Å². The summed E-state index contributed by atoms with van der Waals surface area (Å²) >= 11 is 0.885. The second-order valence-corrected chi connectivity index (χ2v) is 12.8. The van der Waals surface area contributed by atoms with Crippen LogP contribution >= 0.6 is 11.3 Å². The van der Waals surface area contributed by atoms with Crippen LogP contribution in [0.1, 0.15) is 52.3 Å². The molecule has 2 rings (SSSR count). The van der Waals surface area contributed by atoms with Gasteiger partial charge in [-0.15, -0.1) is 0 Å². The fourth-order valence-corrected chi connectivity index (χ4v) is 5.84. The molecule has 36 heavy (non-hydrogen) atoms. The number of nitrogens with zero attached hydrogens (tertiary/aromatic N) is 1. The van der Waals surface area contributed by atoms with Crippen molar-refractivity contribution in [3.05, 3.63) is 35.5 Å². The highest BCUT2D eigenvalue weighted by Gasteiger charge is 2.30. The maximum absolute atomic E-state index is 12.8. The molecule has 200 valence electrons. The Balaban J connectivity index is 1.81. The van der Waals surface area contributed by atoms with E-state index in [-0.39, 0.29) is 40.1 Å². The maximum atomic E-state index is 12.8. The first-order chi connectivity index (χ1) is 16.6. The number of hydrogen-bond acceptors (Lipinski definition) is 8. The van der Waals surface area contributed by atoms with E-state index in [1.165, 1.54) is 6.92 Å². The van der Waals surface area contributed by atoms with Crippen molar-refractivity contribution >= 4 is 38.3 Å². The second kappa shape index (κ2) is 12.1. The van der Waals surface area contributed by atoms with Crippen LogP contribution in [-0.4, -0.2) is 55.6 Å². The van der Waals surface area contributed by atoms with Crippen LogP contribution in [0.3, 0.4) is 0 Å². The Hall–Kier alpha value is -2.54. The molecule has 1 aromatic heterocycles. The number of aromatic hydroxyl groups is 1. The Morgan fingerprint density at radius 3 is 2.39 bits per heavy atom. The predicted molar refractivity (Wildman–Crippen MR) is 140 cm³/mol. The zero-order valence-corrected chi connectivity index (χ0v) is 23.2. The van der Waals surface area contributed by atoms with Gasteiger partial charge in [-0.2, -0.15) is 0 Å². The second-order valence-electron chi connectivity index (χ2n) is 9.81. The van der Waals surface area contributed by atoms with E-state index in [0.29, 0.717) is 25.1 Å². The highest BCUT2D eigenvalue weighted by atomic mass is 32.2. The van der Waals surface area contributed by atoms with E-state index in [2.05, 4.69) is 20.3 Å². The zero-order valence-electron chi connectivity index (χ0n) is 21.6. The fraction of sp³-hybridized carbons (Fsp3) is 0.542. The van der Waals surface area contributed by atoms with Crippen LogP contribution < -0.4 is 15.4 Å². The molecular formula is C24H36N4O6S2. The number of rotatable bonds is 13. The lowest BCUT2D eigenvalue weighted by Crippen LogP contribution is -2.42. The van der Waals surface area contributed by atoms with Crippen molar-refractivity contribution in [2.24, 2.45) is 5.41 Å². The summed E-state index contributed by atoms with van der Waals surface area (Å²) in [5.74, 6) is -0.224. The number of hydrogen-bond donors (Lipinski definition) is 4. The van der Waals surface area contributed by atoms with Gasteiger partial charge in [0.15, 0.2) is 9.34 Å². The third-order valence-corrected chi connectivity index (χ3v) is 8.52. The number of sulfonamides is 1. The van der Waals surface area contributed by atoms with E-state index < -0.39 is 21.0 Å². The van der Waals surface area contributed by atoms with Gasteiger partial charge >= 0.3 is 0 Å². The van der Waals surface area contributed by atoms with Gasteiger partial charge in [-0.1, -0.05) is 37.3 Å². The molecule has 0 saturated heterocycles. The zero-order chi connectivity index (χ0) is 27.1. The van der Waals surface area contributed by atoms with E-state index in [1.807, 2.05) is 26.0 Å². The minimum absolute atomic E-state index is 0.0153. The average Bonchev–Trinajstić information content (AvgIpc) is 3.13. The first-order valence-electron chi connectivity index (χ1n) is 11.6. The lowest BCUT2D eigenvalue weighted by Gasteiger charge is -2.29. The van der Waals surface area contributed by atoms with E-state index in [1.54, 1.807) is 32.9 Å². The van der Waals surface area contributed by atoms with E-state index in [4.69, 9.17) is 4.74 Å². The van der Waals surface area contributed by atoms with Crippen molar-refractivity contribution in [1.82, 2.24) is 15.0 Å². The largest absolute Gasteiger partial charge is 0.508 e. The number of anilines is 1. The average molecular weight is 541 g/mol. The van der Waals surface area contributed by atoms with Gasteiger partial charge in [0.25, 0.3) is 10.0 Å². The summed E-state index contributed by atoms with van der Waals surface area (Å²) in [6.07, 6.45) is 1.10. The van der Waals surface area contributed by atoms with Crippen LogP contribution in [0.5, 0.6) is 5.75 Å². The molecular weight excluding hydrogens is 504 g/mol. The molecule has 0 aliphatic heterocycles. The molecule has 0 spiro atoms. The van der Waals surface area contributed by atoms with E-state index >= 15 is 0 Å². The van der Waals surface area contributed by atoms with Crippen molar-refractivity contribution in [2.45, 2.75) is 64.2 Å². The molecule has 1 aromatic carbocycles. The molecule has 0 aliphatic carbocycles. The summed E-state index contributed by atoms with van der Waals surface area (Å²) in [7, 11) is -3.84. The van der Waals surface area contributed by atoms with Crippen LogP contribution in [0.4, 0.5) is 5.13 Å². The third kappa shape index (κ3) is 9.16. The standard InChI is InChI=1S/C24H36N4O6S2/c1-16-20(35-22(27-16)28-17(2)29)36(32,33)26-15-24(5,6)34-14-12-23(3,4)21(31)25-13-11-18-7-9-19(30)10-8-18/h7-10,26,30H,11-15H2,1-6H3,(H,25,31)(H,27,28,29). The molecule has 0 radical (unpaired) electrons. The molecule has 12 heteroatoms. The first-order valence-corrected chi connectivity index (χ1v) is 13.9. The quantitative estimate of drug-likeness (QED) is 0.305. The van der Waals surface area contributed by atoms with E-state index in [9.17, 15) is 23.1 Å². The third-order valence-electron chi connectivity index (χ3n) is 5.44. The summed E-state index contributed by atoms with van der Waals surface area (Å²) in [5, 5.41) is 15.0. The molecule has 4 N–H and O–H groups in total. The number of amides is 2. The summed E-state index contributed by atoms with van der Waals surface area (Å²) in [4.78, 5) is 28.0. The maximum Gasteiger partial charge on any atom is 0.252 e. The smallest absolute Gasteiger partial charge is 0.252 e. The van der Waals surface area contributed by atoms with Gasteiger partial charge in [0.2, 0.25) is 11.8 Å². The number of phenolic OH excluding ortho intramolecular Hbond substituents is 1. The van der Waals surface area contributed by atoms with Crippen molar-refractivity contribution in [1.29, 1.82) is 0 Å². The Bertz CT molecular complexity index is 1160. The SMILES string of the molecule is CC(=O)Nc1nc(C)c(S(=O)(=O)NCC(C)(C)OCCC(C)(C)C(=O)NCCc2ccc(O)cc2)s1. The minimum atomic E-state index is -3.84. The molecule has 10 nitrogen and oxygen atoms in total. The monoisotopic (exact) mass is 540 g/mol. The summed E-state index contributed by atoms with van der Waals surface area (Å²) in [6.45, 7) is 10.8. The highest BCUT2D eigenvalue weighted by molar-refractivity contribution is 7.91. The Morgan fingerprint density at radius 2 is 1.78 bits per heavy atom. The molecule has 2 amide bonds. The summed E-state index contributed by atoms with van der Waals surface area (Å²) in [5.41, 5.74) is -0.187. The predicted octanol–water partition coefficient (Wildman–Crippen LogP) is 2.96. The van der Waals surface area contributed by atoms with E-state index in [0.717, 1.165) is 16.9 Å². The molecule has 0 atom stereocenters. The number of phenols is 1. The van der Waals surface area contributed by atoms with Crippen LogP contribution in [0.25, 0.3) is 0 Å². The van der Waals surface area contributed by atoms with Crippen molar-refractivity contribution < 1.29 is 27.9 Å². The molecule has 0 bridgehead atoms. The van der Waals surface area contributed by atoms with Gasteiger partial charge in [-0.25, -0.2) is 18.1 Å². The highest BCUT2D eigenvalue weighted by Crippen LogP contribution is 2.27. The normalized spacial score (nSPS) is 12.4. The summed E-state index contributed by atoms with van der Waals surface area (Å²) in [6, 6.07) is 6.85. The number of carbonyl (C=O) groups excluding carboxylic acids is 2. The van der Waals surface area contributed by atoms with Crippen molar-refractivity contribution in [3.63, 3.8) is 0 Å². The minimum Gasteiger partial charge on any atom is -0.508 e. The first kappa shape index (κ1) is 29.7. The topological polar surface area (TPSA) is 147 Å². The fourth-order valence-electron chi connectivity index (χ4n) is 3.14. The van der Waals surface area contributed by atoms with Crippen LogP contribution in [-0.2, 0) is 30.8 Å². The Kier molecular flexibility index (Phi) is 10.0. The number of ether oxygens (including phenoxy) is 1. The molecule has 2 aromatic rings. The van der Waals surface area contributed by atoms with Gasteiger partial charge in [0.05, 0.1) is 11.3 Å². The summed E-state index contributed by atoms with van der Waals surface area (Å²) < 4.78 is 34.0. The van der Waals surface area contributed by atoms with Crippen LogP contribution in [0.2, 0.25) is 0 Å². The number of aromatic nitrogens is 1. The molecule has 0 saturated carbocycles. The van der Waals surface area contributed by atoms with Crippen LogP contribution in [0.15, 0.2) is 28.5 Å². The van der Waals surface area contributed by atoms with Gasteiger partial charge in [-0.3, -0.25) is 9.59 Å². The number of nitrogens with one attached hydrogen (secondary N) is 3. The molecule has 1 heterocycles. The number of carbonyl (C=O) groups is 2. The van der Waals surface area contributed by atoms with Gasteiger partial charge in [0.1, 0.15) is 5.75 Å². The molecule has 0 fully saturated rings. The Morgan fingerprint density at radius 1 is 1.14 bits per heavy atom. The van der Waals surface area contributed by atoms with Crippen molar-refractivity contribution in [3.8, 4) is 5.75 Å². The van der Waals surface area contributed by atoms with Gasteiger partial charge in [0, 0.05) is 32.0 Å². The van der Waals surface area contributed by atoms with Gasteiger partial charge in [-0.05, 0) is 51.3 Å². The number of thiazole rings is 1. The van der Waals surface area contributed by atoms with Crippen LogP contribution in [0, 0.1) is 12.3 Å².